The average molecular weight is 237 g/mol. The third kappa shape index (κ3) is 1.75. The number of hydrogen-bond acceptors (Lipinski definition) is 1. The summed E-state index contributed by atoms with van der Waals surface area (Å²) in [6.45, 7) is 4.28. The van der Waals surface area contributed by atoms with Gasteiger partial charge >= 0.3 is 0 Å². The minimum Gasteiger partial charge on any atom is -0.327 e. The third-order valence-corrected chi connectivity index (χ3v) is 4.13. The van der Waals surface area contributed by atoms with Gasteiger partial charge in [-0.05, 0) is 47.1 Å². The smallest absolute Gasteiger partial charge is 0.00766 e. The highest BCUT2D eigenvalue weighted by Crippen LogP contribution is 2.37. The molecule has 92 valence electrons. The highest BCUT2D eigenvalue weighted by atomic mass is 14.6. The number of nitrogens with two attached hydrogens (primary N) is 1. The molecule has 2 N–H and O–H groups in total. The Balaban J connectivity index is 2.03. The monoisotopic (exact) mass is 237 g/mol. The van der Waals surface area contributed by atoms with E-state index in [1.165, 1.54) is 27.8 Å². The van der Waals surface area contributed by atoms with Crippen molar-refractivity contribution in [1.82, 2.24) is 0 Å². The van der Waals surface area contributed by atoms with Gasteiger partial charge in [0.1, 0.15) is 0 Å². The molecule has 1 heteroatoms. The number of hydrogen-bond donors (Lipinski definition) is 1. The summed E-state index contributed by atoms with van der Waals surface area (Å²) in [5.74, 6) is 0.416. The zero-order valence-electron chi connectivity index (χ0n) is 11.0. The topological polar surface area (TPSA) is 26.0 Å². The quantitative estimate of drug-likeness (QED) is 0.722. The first-order valence-corrected chi connectivity index (χ1v) is 6.63. The Morgan fingerprint density at radius 2 is 1.67 bits per heavy atom. The molecule has 1 nitrogen and oxygen atoms in total. The summed E-state index contributed by atoms with van der Waals surface area (Å²) in [6.07, 6.45) is 1.06. The van der Waals surface area contributed by atoms with Gasteiger partial charge in [0.2, 0.25) is 0 Å². The van der Waals surface area contributed by atoms with Gasteiger partial charge in [-0.1, -0.05) is 49.4 Å². The van der Waals surface area contributed by atoms with Gasteiger partial charge < -0.3 is 5.73 Å². The van der Waals surface area contributed by atoms with E-state index < -0.39 is 0 Å². The summed E-state index contributed by atoms with van der Waals surface area (Å²) in [5.41, 5.74) is 13.0. The lowest BCUT2D eigenvalue weighted by Crippen LogP contribution is -2.22. The molecular weight excluding hydrogens is 218 g/mol. The van der Waals surface area contributed by atoms with E-state index in [0.29, 0.717) is 5.92 Å². The van der Waals surface area contributed by atoms with Gasteiger partial charge in [0.25, 0.3) is 0 Å². The molecule has 2 atom stereocenters. The maximum atomic E-state index is 6.00. The molecule has 0 saturated heterocycles. The van der Waals surface area contributed by atoms with Crippen molar-refractivity contribution in [3.63, 3.8) is 0 Å². The lowest BCUT2D eigenvalue weighted by atomic mass is 9.92. The average Bonchev–Trinajstić information content (AvgIpc) is 2.75. The van der Waals surface area contributed by atoms with Crippen molar-refractivity contribution in [3.05, 3.63) is 59.2 Å². The molecule has 2 aromatic carbocycles. The van der Waals surface area contributed by atoms with E-state index in [1.807, 2.05) is 0 Å². The molecule has 0 bridgehead atoms. The predicted molar refractivity (Wildman–Crippen MR) is 76.7 cm³/mol. The fraction of sp³-hybridized carbons (Fsp3) is 0.294. The van der Waals surface area contributed by atoms with Crippen molar-refractivity contribution in [3.8, 4) is 11.1 Å². The van der Waals surface area contributed by atoms with Gasteiger partial charge in [0.05, 0.1) is 0 Å². The lowest BCUT2D eigenvalue weighted by Gasteiger charge is -2.17. The molecular formula is C17H19N. The Morgan fingerprint density at radius 3 is 2.44 bits per heavy atom. The van der Waals surface area contributed by atoms with Crippen LogP contribution in [0.1, 0.15) is 36.5 Å². The van der Waals surface area contributed by atoms with Crippen LogP contribution in [-0.4, -0.2) is 6.04 Å². The minimum atomic E-state index is 0.201. The van der Waals surface area contributed by atoms with Crippen LogP contribution in [0.4, 0.5) is 0 Å². The zero-order valence-corrected chi connectivity index (χ0v) is 11.0. The van der Waals surface area contributed by atoms with Gasteiger partial charge in [0.15, 0.2) is 0 Å². The maximum Gasteiger partial charge on any atom is 0.00766 e. The molecule has 0 fully saturated rings. The van der Waals surface area contributed by atoms with Crippen molar-refractivity contribution in [1.29, 1.82) is 0 Å². The van der Waals surface area contributed by atoms with Crippen LogP contribution >= 0.6 is 0 Å². The summed E-state index contributed by atoms with van der Waals surface area (Å²) in [7, 11) is 0. The molecule has 1 aliphatic carbocycles. The predicted octanol–water partition coefficient (Wildman–Crippen LogP) is 3.71. The van der Waals surface area contributed by atoms with Crippen molar-refractivity contribution in [2.45, 2.75) is 32.2 Å². The molecule has 18 heavy (non-hydrogen) atoms. The SMILES string of the molecule is CC(N)C(C)c1ccc2c(c1)Cc1ccccc1-2. The molecule has 0 saturated carbocycles. The fourth-order valence-corrected chi connectivity index (χ4v) is 2.75. The Labute approximate surface area is 109 Å². The van der Waals surface area contributed by atoms with Crippen molar-refractivity contribution in [2.75, 3.05) is 0 Å². The second kappa shape index (κ2) is 4.25. The van der Waals surface area contributed by atoms with Gasteiger partial charge in [-0.15, -0.1) is 0 Å². The van der Waals surface area contributed by atoms with Crippen LogP contribution < -0.4 is 5.73 Å². The Hall–Kier alpha value is -1.60. The number of rotatable bonds is 2. The van der Waals surface area contributed by atoms with Crippen molar-refractivity contribution >= 4 is 0 Å². The second-order valence-electron chi connectivity index (χ2n) is 5.40. The van der Waals surface area contributed by atoms with E-state index in [1.54, 1.807) is 0 Å². The van der Waals surface area contributed by atoms with Crippen molar-refractivity contribution < 1.29 is 0 Å². The van der Waals surface area contributed by atoms with Crippen LogP contribution in [0.3, 0.4) is 0 Å². The van der Waals surface area contributed by atoms with E-state index in [4.69, 9.17) is 5.73 Å². The van der Waals surface area contributed by atoms with Gasteiger partial charge in [-0.25, -0.2) is 0 Å². The van der Waals surface area contributed by atoms with E-state index >= 15 is 0 Å². The van der Waals surface area contributed by atoms with E-state index in [0.717, 1.165) is 6.42 Å². The first-order valence-electron chi connectivity index (χ1n) is 6.63. The molecule has 1 aliphatic rings. The molecule has 3 rings (SSSR count). The summed E-state index contributed by atoms with van der Waals surface area (Å²) in [6, 6.07) is 15.7. The third-order valence-electron chi connectivity index (χ3n) is 4.13. The molecule has 0 amide bonds. The molecule has 0 aromatic heterocycles. The van der Waals surface area contributed by atoms with Crippen LogP contribution in [0.5, 0.6) is 0 Å². The minimum absolute atomic E-state index is 0.201. The van der Waals surface area contributed by atoms with Crippen LogP contribution in [0, 0.1) is 0 Å². The van der Waals surface area contributed by atoms with Crippen LogP contribution in [0.25, 0.3) is 11.1 Å². The molecule has 0 aliphatic heterocycles. The van der Waals surface area contributed by atoms with Gasteiger partial charge in [0, 0.05) is 6.04 Å². The normalized spacial score (nSPS) is 15.9. The van der Waals surface area contributed by atoms with Crippen LogP contribution in [0.15, 0.2) is 42.5 Å². The largest absolute Gasteiger partial charge is 0.327 e. The molecule has 2 unspecified atom stereocenters. The van der Waals surface area contributed by atoms with E-state index in [-0.39, 0.29) is 6.04 Å². The van der Waals surface area contributed by atoms with Crippen LogP contribution in [-0.2, 0) is 6.42 Å². The Morgan fingerprint density at radius 1 is 0.944 bits per heavy atom. The van der Waals surface area contributed by atoms with E-state index in [2.05, 4.69) is 56.3 Å². The van der Waals surface area contributed by atoms with Gasteiger partial charge in [-0.2, -0.15) is 0 Å². The first-order chi connectivity index (χ1) is 8.66. The Kier molecular flexibility index (Phi) is 2.71. The van der Waals surface area contributed by atoms with Crippen molar-refractivity contribution in [2.24, 2.45) is 5.73 Å². The highest BCUT2D eigenvalue weighted by Gasteiger charge is 2.19. The lowest BCUT2D eigenvalue weighted by molar-refractivity contribution is 0.613. The summed E-state index contributed by atoms with van der Waals surface area (Å²) >= 11 is 0. The second-order valence-corrected chi connectivity index (χ2v) is 5.40. The maximum absolute atomic E-state index is 6.00. The molecule has 0 heterocycles. The van der Waals surface area contributed by atoms with Gasteiger partial charge in [-0.3, -0.25) is 0 Å². The molecule has 2 aromatic rings. The fourth-order valence-electron chi connectivity index (χ4n) is 2.75. The summed E-state index contributed by atoms with van der Waals surface area (Å²) in [5, 5.41) is 0. The molecule has 0 radical (unpaired) electrons. The number of fused-ring (bicyclic) bond motifs is 3. The Bertz CT molecular complexity index is 584. The summed E-state index contributed by atoms with van der Waals surface area (Å²) < 4.78 is 0. The first kappa shape index (κ1) is 11.5. The van der Waals surface area contributed by atoms with E-state index in [9.17, 15) is 0 Å². The highest BCUT2D eigenvalue weighted by molar-refractivity contribution is 5.77. The number of benzene rings is 2. The zero-order chi connectivity index (χ0) is 12.7. The standard InChI is InChI=1S/C17H19N/c1-11(12(2)18)13-7-8-17-15(9-13)10-14-5-3-4-6-16(14)17/h3-9,11-12H,10,18H2,1-2H3. The molecule has 0 spiro atoms. The summed E-state index contributed by atoms with van der Waals surface area (Å²) in [4.78, 5) is 0. The van der Waals surface area contributed by atoms with Crippen LogP contribution in [0.2, 0.25) is 0 Å².